The number of halogens is 2. The van der Waals surface area contributed by atoms with Crippen LogP contribution in [0.3, 0.4) is 0 Å². The van der Waals surface area contributed by atoms with E-state index in [9.17, 15) is 8.78 Å². The molecular weight excluding hydrogens is 498 g/mol. The number of aryl methyl sites for hydroxylation is 1. The van der Waals surface area contributed by atoms with Gasteiger partial charge >= 0.3 is 0 Å². The Bertz CT molecular complexity index is 1500. The lowest BCUT2D eigenvalue weighted by atomic mass is 9.86. The Morgan fingerprint density at radius 3 is 2.44 bits per heavy atom. The van der Waals surface area contributed by atoms with E-state index in [1.54, 1.807) is 6.07 Å². The van der Waals surface area contributed by atoms with Gasteiger partial charge in [-0.1, -0.05) is 13.0 Å². The van der Waals surface area contributed by atoms with E-state index in [4.69, 9.17) is 0 Å². The average molecular weight is 533 g/mol. The number of aromatic nitrogens is 5. The number of pyridine rings is 1. The molecule has 10 heteroatoms. The number of nitrogens with zero attached hydrogens (tertiary/aromatic N) is 7. The van der Waals surface area contributed by atoms with Crippen molar-refractivity contribution in [2.45, 2.75) is 65.2 Å². The molecule has 3 aromatic heterocycles. The number of anilines is 2. The van der Waals surface area contributed by atoms with E-state index in [1.807, 2.05) is 37.6 Å². The summed E-state index contributed by atoms with van der Waals surface area (Å²) in [6.07, 6.45) is 4.27. The predicted molar refractivity (Wildman–Crippen MR) is 148 cm³/mol. The zero-order valence-corrected chi connectivity index (χ0v) is 23.0. The third-order valence-electron chi connectivity index (χ3n) is 8.25. The molecule has 3 aliphatic heterocycles. The van der Waals surface area contributed by atoms with Crippen molar-refractivity contribution in [1.82, 2.24) is 34.3 Å². The highest BCUT2D eigenvalue weighted by Gasteiger charge is 2.44. The van der Waals surface area contributed by atoms with Crippen molar-refractivity contribution in [2.24, 2.45) is 0 Å². The Kier molecular flexibility index (Phi) is 6.55. The highest BCUT2D eigenvalue weighted by atomic mass is 19.1. The number of rotatable bonds is 7. The Balaban J connectivity index is 1.22. The number of piperidine rings is 1. The molecule has 3 aliphatic rings. The number of fused-ring (bicyclic) bond motifs is 3. The maximum atomic E-state index is 15.0. The summed E-state index contributed by atoms with van der Waals surface area (Å²) in [6.45, 7) is 13.6. The van der Waals surface area contributed by atoms with Gasteiger partial charge in [-0.05, 0) is 64.4 Å². The molecule has 0 aliphatic carbocycles. The third kappa shape index (κ3) is 4.55. The first-order chi connectivity index (χ1) is 18.7. The Morgan fingerprint density at radius 1 is 1.00 bits per heavy atom. The molecule has 39 heavy (non-hydrogen) atoms. The third-order valence-corrected chi connectivity index (χ3v) is 8.25. The average Bonchev–Trinajstić information content (AvgIpc) is 3.26. The SMILES string of the molecule is CCN1C2CC1CN([C@@H](C)c1ccc(Nc3ncc(F)c(-c4cc(F)c5nc(C)n(C(C)C)c5c4)n3)nc1)C2. The minimum Gasteiger partial charge on any atom is -0.326 e. The van der Waals surface area contributed by atoms with Crippen LogP contribution in [0.5, 0.6) is 0 Å². The van der Waals surface area contributed by atoms with Crippen molar-refractivity contribution < 1.29 is 8.78 Å². The molecule has 2 unspecified atom stereocenters. The summed E-state index contributed by atoms with van der Waals surface area (Å²) in [7, 11) is 0. The second-order valence-corrected chi connectivity index (χ2v) is 10.9. The largest absolute Gasteiger partial charge is 0.326 e. The summed E-state index contributed by atoms with van der Waals surface area (Å²) >= 11 is 0. The van der Waals surface area contributed by atoms with Crippen LogP contribution >= 0.6 is 0 Å². The van der Waals surface area contributed by atoms with Crippen molar-refractivity contribution in [2.75, 3.05) is 25.0 Å². The molecule has 4 aromatic rings. The number of likely N-dealkylation sites (N-methyl/N-ethyl adjacent to an activating group) is 1. The number of hydrogen-bond acceptors (Lipinski definition) is 7. The Morgan fingerprint density at radius 2 is 1.77 bits per heavy atom. The van der Waals surface area contributed by atoms with Gasteiger partial charge in [-0.3, -0.25) is 9.80 Å². The second-order valence-electron chi connectivity index (χ2n) is 10.9. The lowest BCUT2D eigenvalue weighted by Gasteiger charge is -2.57. The lowest BCUT2D eigenvalue weighted by Crippen LogP contribution is -2.68. The molecule has 3 atom stereocenters. The van der Waals surface area contributed by atoms with Crippen molar-refractivity contribution in [3.63, 3.8) is 0 Å². The first-order valence-corrected chi connectivity index (χ1v) is 13.7. The summed E-state index contributed by atoms with van der Waals surface area (Å²) in [5.41, 5.74) is 2.34. The summed E-state index contributed by atoms with van der Waals surface area (Å²) in [6, 6.07) is 8.62. The van der Waals surface area contributed by atoms with Crippen LogP contribution in [0, 0.1) is 18.6 Å². The molecule has 204 valence electrons. The van der Waals surface area contributed by atoms with Gasteiger partial charge in [0, 0.05) is 49.0 Å². The molecule has 1 N–H and O–H groups in total. The highest BCUT2D eigenvalue weighted by molar-refractivity contribution is 5.83. The van der Waals surface area contributed by atoms with Crippen molar-refractivity contribution in [3.8, 4) is 11.3 Å². The molecular formula is C29H34F2N8. The van der Waals surface area contributed by atoms with E-state index in [-0.39, 0.29) is 29.2 Å². The molecule has 0 amide bonds. The van der Waals surface area contributed by atoms with Gasteiger partial charge in [0.25, 0.3) is 0 Å². The van der Waals surface area contributed by atoms with Gasteiger partial charge in [-0.25, -0.2) is 28.7 Å². The van der Waals surface area contributed by atoms with E-state index >= 15 is 0 Å². The zero-order chi connectivity index (χ0) is 27.4. The second kappa shape index (κ2) is 9.91. The zero-order valence-electron chi connectivity index (χ0n) is 23.0. The molecule has 0 saturated carbocycles. The number of hydrogen-bond donors (Lipinski definition) is 1. The summed E-state index contributed by atoms with van der Waals surface area (Å²) in [4.78, 5) is 22.5. The van der Waals surface area contributed by atoms with Gasteiger partial charge in [0.05, 0.1) is 11.7 Å². The normalized spacial score (nSPS) is 20.4. The summed E-state index contributed by atoms with van der Waals surface area (Å²) < 4.78 is 31.8. The summed E-state index contributed by atoms with van der Waals surface area (Å²) in [5, 5.41) is 3.07. The van der Waals surface area contributed by atoms with E-state index in [0.717, 1.165) is 31.4 Å². The van der Waals surface area contributed by atoms with Gasteiger partial charge in [0.1, 0.15) is 22.9 Å². The Labute approximate surface area is 227 Å². The molecule has 6 heterocycles. The molecule has 8 nitrogen and oxygen atoms in total. The quantitative estimate of drug-likeness (QED) is 0.330. The number of benzene rings is 1. The monoisotopic (exact) mass is 532 g/mol. The fraction of sp³-hybridized carbons (Fsp3) is 0.448. The standard InChI is InChI=1S/C29H34F2N8/c1-6-38-21-11-22(38)15-37(14-21)17(4)19-7-8-26(32-12-19)35-29-33-13-24(31)27(36-29)20-9-23(30)28-25(10-20)39(16(2)3)18(5)34-28/h7-10,12-13,16-17,21-22H,6,11,14-15H2,1-5H3,(H,32,33,35,36)/t17-,21?,22?/m0/s1. The molecule has 0 radical (unpaired) electrons. The van der Waals surface area contributed by atoms with Gasteiger partial charge in [-0.2, -0.15) is 0 Å². The van der Waals surface area contributed by atoms with E-state index < -0.39 is 11.6 Å². The molecule has 1 aromatic carbocycles. The molecule has 3 saturated heterocycles. The fourth-order valence-corrected chi connectivity index (χ4v) is 6.29. The van der Waals surface area contributed by atoms with Crippen LogP contribution in [0.4, 0.5) is 20.5 Å². The van der Waals surface area contributed by atoms with Crippen molar-refractivity contribution in [3.05, 3.63) is 59.7 Å². The van der Waals surface area contributed by atoms with Crippen LogP contribution in [-0.2, 0) is 0 Å². The van der Waals surface area contributed by atoms with Crippen LogP contribution in [0.2, 0.25) is 0 Å². The topological polar surface area (TPSA) is 75.0 Å². The summed E-state index contributed by atoms with van der Waals surface area (Å²) in [5.74, 6) is 0.287. The lowest BCUT2D eigenvalue weighted by molar-refractivity contribution is -0.0772. The first-order valence-electron chi connectivity index (χ1n) is 13.7. The number of nitrogens with one attached hydrogen (secondary N) is 1. The van der Waals surface area contributed by atoms with Crippen molar-refractivity contribution in [1.29, 1.82) is 0 Å². The molecule has 3 fully saturated rings. The highest BCUT2D eigenvalue weighted by Crippen LogP contribution is 2.36. The van der Waals surface area contributed by atoms with E-state index in [0.29, 0.717) is 34.8 Å². The van der Waals surface area contributed by atoms with E-state index in [1.165, 1.54) is 12.5 Å². The number of piperazine rings is 1. The van der Waals surface area contributed by atoms with Crippen LogP contribution < -0.4 is 5.32 Å². The Hall–Kier alpha value is -3.50. The van der Waals surface area contributed by atoms with Gasteiger partial charge in [-0.15, -0.1) is 0 Å². The van der Waals surface area contributed by atoms with Crippen LogP contribution in [0.15, 0.2) is 36.7 Å². The predicted octanol–water partition coefficient (Wildman–Crippen LogP) is 5.64. The molecule has 0 spiro atoms. The van der Waals surface area contributed by atoms with Crippen LogP contribution in [0.1, 0.15) is 57.6 Å². The van der Waals surface area contributed by atoms with Gasteiger partial charge in [0.15, 0.2) is 11.6 Å². The maximum absolute atomic E-state index is 15.0. The number of imidazole rings is 1. The van der Waals surface area contributed by atoms with Gasteiger partial charge in [0.2, 0.25) is 5.95 Å². The fourth-order valence-electron chi connectivity index (χ4n) is 6.29. The van der Waals surface area contributed by atoms with Crippen LogP contribution in [-0.4, -0.2) is 66.0 Å². The minimum absolute atomic E-state index is 0.0116. The smallest absolute Gasteiger partial charge is 0.229 e. The maximum Gasteiger partial charge on any atom is 0.229 e. The molecule has 2 bridgehead atoms. The van der Waals surface area contributed by atoms with E-state index in [2.05, 4.69) is 55.0 Å². The van der Waals surface area contributed by atoms with Crippen LogP contribution in [0.25, 0.3) is 22.3 Å². The first kappa shape index (κ1) is 25.8. The van der Waals surface area contributed by atoms with Crippen molar-refractivity contribution >= 4 is 22.8 Å². The molecule has 7 rings (SSSR count). The van der Waals surface area contributed by atoms with Gasteiger partial charge < -0.3 is 9.88 Å². The minimum atomic E-state index is -0.634.